The van der Waals surface area contributed by atoms with E-state index in [-0.39, 0.29) is 11.5 Å². The maximum Gasteiger partial charge on any atom is 0.326 e. The number of carbonyl (C=O) groups excluding carboxylic acids is 2. The highest BCUT2D eigenvalue weighted by atomic mass is 16.4. The van der Waals surface area contributed by atoms with E-state index < -0.39 is 23.9 Å². The third-order valence-electron chi connectivity index (χ3n) is 6.77. The van der Waals surface area contributed by atoms with Crippen LogP contribution in [0.4, 0.5) is 16.2 Å². The van der Waals surface area contributed by atoms with Gasteiger partial charge in [0.05, 0.1) is 11.3 Å². The average molecular weight is 474 g/mol. The van der Waals surface area contributed by atoms with Gasteiger partial charge in [0.25, 0.3) is 5.91 Å². The lowest BCUT2D eigenvalue weighted by Gasteiger charge is -2.28. The molecule has 4 rings (SSSR count). The molecule has 4 N–H and O–H groups in total. The van der Waals surface area contributed by atoms with E-state index in [0.717, 1.165) is 54.0 Å². The summed E-state index contributed by atoms with van der Waals surface area (Å²) in [5.41, 5.74) is 3.10. The van der Waals surface area contributed by atoms with E-state index in [0.29, 0.717) is 11.4 Å². The van der Waals surface area contributed by atoms with E-state index in [1.54, 1.807) is 12.1 Å². The molecule has 0 aromatic heterocycles. The standard InChI is InChI=1S/C28H31N3O4/c1-17-9-8-10-18(2)24(17)31-28(35)29-23-16-21-14-7-6-13-20(21)15-22(23)26(32)30-25(27(33)34)19-11-4-3-5-12-19/h6-10,13-16,19,25H,3-5,11-12H2,1-2H3,(H,30,32)(H,33,34)(H2,29,31,35)/t25-/m1/s1. The predicted molar refractivity (Wildman–Crippen MR) is 138 cm³/mol. The van der Waals surface area contributed by atoms with Gasteiger partial charge in [-0.25, -0.2) is 9.59 Å². The molecular weight excluding hydrogens is 442 g/mol. The quantitative estimate of drug-likeness (QED) is 0.359. The van der Waals surface area contributed by atoms with E-state index in [2.05, 4.69) is 16.0 Å². The Morgan fingerprint density at radius 2 is 1.49 bits per heavy atom. The Hall–Kier alpha value is -3.87. The number of para-hydroxylation sites is 1. The van der Waals surface area contributed by atoms with Crippen LogP contribution < -0.4 is 16.0 Å². The molecule has 7 nitrogen and oxygen atoms in total. The van der Waals surface area contributed by atoms with E-state index >= 15 is 0 Å². The van der Waals surface area contributed by atoms with Gasteiger partial charge < -0.3 is 21.1 Å². The SMILES string of the molecule is Cc1cccc(C)c1NC(=O)Nc1cc2ccccc2cc1C(=O)N[C@@H](C(=O)O)C1CCCCC1. The molecule has 0 bridgehead atoms. The van der Waals surface area contributed by atoms with Crippen LogP contribution in [0.2, 0.25) is 0 Å². The van der Waals surface area contributed by atoms with Crippen molar-refractivity contribution in [1.82, 2.24) is 5.32 Å². The molecule has 0 saturated heterocycles. The summed E-state index contributed by atoms with van der Waals surface area (Å²) in [4.78, 5) is 38.3. The molecule has 3 aromatic carbocycles. The molecule has 3 amide bonds. The molecule has 0 unspecified atom stereocenters. The fourth-order valence-electron chi connectivity index (χ4n) is 4.88. The lowest BCUT2D eigenvalue weighted by molar-refractivity contribution is -0.141. The van der Waals surface area contributed by atoms with Crippen LogP contribution in [0.5, 0.6) is 0 Å². The fourth-order valence-corrected chi connectivity index (χ4v) is 4.88. The Bertz CT molecular complexity index is 1240. The van der Waals surface area contributed by atoms with Gasteiger partial charge >= 0.3 is 12.0 Å². The molecule has 182 valence electrons. The van der Waals surface area contributed by atoms with Crippen molar-refractivity contribution in [2.24, 2.45) is 5.92 Å². The third kappa shape index (κ3) is 5.62. The van der Waals surface area contributed by atoms with E-state index in [1.165, 1.54) is 0 Å². The minimum Gasteiger partial charge on any atom is -0.480 e. The minimum atomic E-state index is -1.03. The number of rotatable bonds is 6. The topological polar surface area (TPSA) is 108 Å². The highest BCUT2D eigenvalue weighted by Crippen LogP contribution is 2.29. The monoisotopic (exact) mass is 473 g/mol. The molecule has 0 spiro atoms. The first-order valence-corrected chi connectivity index (χ1v) is 12.0. The first kappa shape index (κ1) is 24.3. The lowest BCUT2D eigenvalue weighted by Crippen LogP contribution is -2.46. The largest absolute Gasteiger partial charge is 0.480 e. The lowest BCUT2D eigenvalue weighted by atomic mass is 9.83. The van der Waals surface area contributed by atoms with Crippen molar-refractivity contribution < 1.29 is 19.5 Å². The van der Waals surface area contributed by atoms with Gasteiger partial charge in [-0.3, -0.25) is 4.79 Å². The van der Waals surface area contributed by atoms with Crippen LogP contribution >= 0.6 is 0 Å². The maximum absolute atomic E-state index is 13.4. The van der Waals surface area contributed by atoms with Gasteiger partial charge in [0.15, 0.2) is 0 Å². The third-order valence-corrected chi connectivity index (χ3v) is 6.77. The molecule has 1 atom stereocenters. The molecule has 1 saturated carbocycles. The first-order chi connectivity index (χ1) is 16.8. The molecule has 0 heterocycles. The van der Waals surface area contributed by atoms with Gasteiger partial charge in [-0.1, -0.05) is 61.7 Å². The van der Waals surface area contributed by atoms with Crippen molar-refractivity contribution in [2.45, 2.75) is 52.0 Å². The zero-order valence-corrected chi connectivity index (χ0v) is 20.1. The molecule has 1 aliphatic rings. The number of aryl methyl sites for hydroxylation is 2. The molecule has 1 fully saturated rings. The van der Waals surface area contributed by atoms with Crippen molar-refractivity contribution in [1.29, 1.82) is 0 Å². The number of urea groups is 1. The first-order valence-electron chi connectivity index (χ1n) is 12.0. The maximum atomic E-state index is 13.4. The summed E-state index contributed by atoms with van der Waals surface area (Å²) >= 11 is 0. The summed E-state index contributed by atoms with van der Waals surface area (Å²) in [5, 5.41) is 19.9. The summed E-state index contributed by atoms with van der Waals surface area (Å²) in [7, 11) is 0. The molecule has 7 heteroatoms. The second kappa shape index (κ2) is 10.6. The normalized spacial score (nSPS) is 14.8. The smallest absolute Gasteiger partial charge is 0.326 e. The van der Waals surface area contributed by atoms with Crippen LogP contribution in [0.1, 0.15) is 53.6 Å². The zero-order valence-electron chi connectivity index (χ0n) is 20.1. The highest BCUT2D eigenvalue weighted by molar-refractivity contribution is 6.10. The summed E-state index contributed by atoms with van der Waals surface area (Å²) < 4.78 is 0. The van der Waals surface area contributed by atoms with Gasteiger partial charge in [0, 0.05) is 5.69 Å². The Morgan fingerprint density at radius 1 is 0.857 bits per heavy atom. The van der Waals surface area contributed by atoms with Gasteiger partial charge in [-0.15, -0.1) is 0 Å². The van der Waals surface area contributed by atoms with Crippen LogP contribution in [-0.4, -0.2) is 29.1 Å². The number of hydrogen-bond acceptors (Lipinski definition) is 3. The molecular formula is C28H31N3O4. The van der Waals surface area contributed by atoms with Crippen LogP contribution in [0.3, 0.4) is 0 Å². The number of hydrogen-bond donors (Lipinski definition) is 4. The number of aliphatic carboxylic acids is 1. The number of carboxylic acids is 1. The summed E-state index contributed by atoms with van der Waals surface area (Å²) in [6.45, 7) is 3.82. The number of anilines is 2. The van der Waals surface area contributed by atoms with E-state index in [9.17, 15) is 19.5 Å². The van der Waals surface area contributed by atoms with Crippen molar-refractivity contribution >= 4 is 40.1 Å². The number of carbonyl (C=O) groups is 3. The van der Waals surface area contributed by atoms with E-state index in [1.807, 2.05) is 56.3 Å². The molecule has 35 heavy (non-hydrogen) atoms. The number of fused-ring (bicyclic) bond motifs is 1. The average Bonchev–Trinajstić information content (AvgIpc) is 2.84. The number of carboxylic acid groups (broad SMARTS) is 1. The summed E-state index contributed by atoms with van der Waals surface area (Å²) in [6.07, 6.45) is 4.57. The van der Waals surface area contributed by atoms with Crippen molar-refractivity contribution in [2.75, 3.05) is 10.6 Å². The number of benzene rings is 3. The second-order valence-corrected chi connectivity index (χ2v) is 9.28. The molecule has 0 aliphatic heterocycles. The molecule has 3 aromatic rings. The highest BCUT2D eigenvalue weighted by Gasteiger charge is 2.31. The fraction of sp³-hybridized carbons (Fsp3) is 0.321. The van der Waals surface area contributed by atoms with Crippen molar-refractivity contribution in [3.8, 4) is 0 Å². The summed E-state index contributed by atoms with van der Waals surface area (Å²) in [6, 6.07) is 15.3. The van der Waals surface area contributed by atoms with Crippen LogP contribution in [-0.2, 0) is 4.79 Å². The Balaban J connectivity index is 1.63. The Kier molecular flexibility index (Phi) is 7.34. The van der Waals surface area contributed by atoms with E-state index in [4.69, 9.17) is 0 Å². The zero-order chi connectivity index (χ0) is 24.9. The van der Waals surface area contributed by atoms with Gasteiger partial charge in [-0.2, -0.15) is 0 Å². The van der Waals surface area contributed by atoms with Crippen LogP contribution in [0, 0.1) is 19.8 Å². The van der Waals surface area contributed by atoms with Gasteiger partial charge in [0.2, 0.25) is 0 Å². The second-order valence-electron chi connectivity index (χ2n) is 9.28. The molecule has 0 radical (unpaired) electrons. The number of amides is 3. The van der Waals surface area contributed by atoms with Crippen molar-refractivity contribution in [3.63, 3.8) is 0 Å². The van der Waals surface area contributed by atoms with Crippen LogP contribution in [0.25, 0.3) is 10.8 Å². The Morgan fingerprint density at radius 3 is 2.11 bits per heavy atom. The van der Waals surface area contributed by atoms with Crippen LogP contribution in [0.15, 0.2) is 54.6 Å². The predicted octanol–water partition coefficient (Wildman–Crippen LogP) is 5.86. The summed E-state index contributed by atoms with van der Waals surface area (Å²) in [5.74, 6) is -1.65. The molecule has 1 aliphatic carbocycles. The van der Waals surface area contributed by atoms with Gasteiger partial charge in [-0.05, 0) is 66.6 Å². The Labute approximate surface area is 204 Å². The van der Waals surface area contributed by atoms with Gasteiger partial charge in [0.1, 0.15) is 6.04 Å². The minimum absolute atomic E-state index is 0.102. The number of nitrogens with one attached hydrogen (secondary N) is 3. The van der Waals surface area contributed by atoms with Crippen molar-refractivity contribution in [3.05, 3.63) is 71.3 Å².